The SMILES string of the molecule is CCC(CC)N(CC(=O)O[C@H]1[C@@H](O)[C@@H](CO)O[C@@H](O[Si](C)(C)C(C)(C)C)[C@@H]1N=[N+]=[N-])C(=O)OCC1c2ccccc2-c2ccccc21. The largest absolute Gasteiger partial charge is 0.458 e. The van der Waals surface area contributed by atoms with Crippen LogP contribution < -0.4 is 0 Å². The van der Waals surface area contributed by atoms with Gasteiger partial charge in [-0.15, -0.1) is 0 Å². The summed E-state index contributed by atoms with van der Waals surface area (Å²) in [6, 6.07) is 14.5. The first kappa shape index (κ1) is 36.4. The minimum absolute atomic E-state index is 0.0842. The summed E-state index contributed by atoms with van der Waals surface area (Å²) in [5.74, 6) is -0.991. The second-order valence-electron chi connectivity index (χ2n) is 13.6. The molecule has 12 nitrogen and oxygen atoms in total. The Kier molecular flexibility index (Phi) is 11.8. The van der Waals surface area contributed by atoms with E-state index in [9.17, 15) is 25.3 Å². The zero-order valence-electron chi connectivity index (χ0n) is 28.3. The smallest absolute Gasteiger partial charge is 0.410 e. The molecule has 1 saturated heterocycles. The van der Waals surface area contributed by atoms with Crippen LogP contribution in [-0.4, -0.2) is 91.9 Å². The second kappa shape index (κ2) is 15.2. The lowest BCUT2D eigenvalue weighted by molar-refractivity contribution is -0.248. The molecule has 1 aliphatic heterocycles. The molecule has 1 heterocycles. The highest BCUT2D eigenvalue weighted by molar-refractivity contribution is 6.74. The number of amides is 1. The first-order valence-corrected chi connectivity index (χ1v) is 19.2. The number of aliphatic hydroxyl groups is 2. The number of azide groups is 1. The zero-order valence-corrected chi connectivity index (χ0v) is 29.3. The Bertz CT molecular complexity index is 1410. The summed E-state index contributed by atoms with van der Waals surface area (Å²) in [6.45, 7) is 12.9. The number of aliphatic hydroxyl groups excluding tert-OH is 2. The molecule has 256 valence electrons. The predicted octanol–water partition coefficient (Wildman–Crippen LogP) is 6.12. The summed E-state index contributed by atoms with van der Waals surface area (Å²) in [5.41, 5.74) is 13.7. The van der Waals surface area contributed by atoms with E-state index in [1.807, 2.05) is 84.1 Å². The molecule has 0 spiro atoms. The third-order valence-corrected chi connectivity index (χ3v) is 14.2. The average Bonchev–Trinajstić information content (AvgIpc) is 3.35. The van der Waals surface area contributed by atoms with Crippen molar-refractivity contribution in [3.05, 3.63) is 70.1 Å². The van der Waals surface area contributed by atoms with Gasteiger partial charge in [0.15, 0.2) is 14.6 Å². The Morgan fingerprint density at radius 3 is 2.15 bits per heavy atom. The van der Waals surface area contributed by atoms with Gasteiger partial charge in [0.2, 0.25) is 0 Å². The Balaban J connectivity index is 1.53. The van der Waals surface area contributed by atoms with Crippen molar-refractivity contribution < 1.29 is 38.4 Å². The van der Waals surface area contributed by atoms with Crippen LogP contribution in [0.1, 0.15) is 64.5 Å². The van der Waals surface area contributed by atoms with Gasteiger partial charge in [-0.25, -0.2) is 4.79 Å². The number of rotatable bonds is 12. The van der Waals surface area contributed by atoms with Gasteiger partial charge in [-0.2, -0.15) is 0 Å². The molecule has 1 aliphatic carbocycles. The molecule has 0 unspecified atom stereocenters. The van der Waals surface area contributed by atoms with Crippen LogP contribution in [0.25, 0.3) is 21.6 Å². The summed E-state index contributed by atoms with van der Waals surface area (Å²) < 4.78 is 23.9. The highest BCUT2D eigenvalue weighted by Crippen LogP contribution is 2.45. The van der Waals surface area contributed by atoms with Crippen molar-refractivity contribution in [2.75, 3.05) is 19.8 Å². The van der Waals surface area contributed by atoms with Crippen molar-refractivity contribution in [1.82, 2.24) is 4.90 Å². The Morgan fingerprint density at radius 2 is 1.64 bits per heavy atom. The summed E-state index contributed by atoms with van der Waals surface area (Å²) in [5, 5.41) is 24.6. The van der Waals surface area contributed by atoms with Gasteiger partial charge < -0.3 is 28.8 Å². The topological polar surface area (TPSA) is 164 Å². The summed E-state index contributed by atoms with van der Waals surface area (Å²) in [7, 11) is -2.51. The molecule has 5 atom stereocenters. The fraction of sp³-hybridized carbons (Fsp3) is 0.588. The maximum absolute atomic E-state index is 13.7. The molecule has 47 heavy (non-hydrogen) atoms. The predicted molar refractivity (Wildman–Crippen MR) is 179 cm³/mol. The van der Waals surface area contributed by atoms with E-state index in [4.69, 9.17) is 18.6 Å². The molecule has 0 saturated carbocycles. The van der Waals surface area contributed by atoms with E-state index in [0.29, 0.717) is 12.8 Å². The fourth-order valence-electron chi connectivity index (χ4n) is 6.01. The maximum atomic E-state index is 13.7. The molecule has 1 fully saturated rings. The third kappa shape index (κ3) is 7.83. The number of ether oxygens (including phenoxy) is 3. The highest BCUT2D eigenvalue weighted by atomic mass is 28.4. The number of hydrogen-bond acceptors (Lipinski definition) is 9. The lowest BCUT2D eigenvalue weighted by Gasteiger charge is -2.46. The Morgan fingerprint density at radius 1 is 1.06 bits per heavy atom. The maximum Gasteiger partial charge on any atom is 0.410 e. The molecule has 2 aromatic rings. The van der Waals surface area contributed by atoms with Gasteiger partial charge in [-0.3, -0.25) is 9.69 Å². The number of carbonyl (C=O) groups is 2. The normalized spacial score (nSPS) is 22.6. The van der Waals surface area contributed by atoms with E-state index < -0.39 is 64.2 Å². The third-order valence-electron chi connectivity index (χ3n) is 9.74. The molecule has 2 aliphatic rings. The van der Waals surface area contributed by atoms with Crippen LogP contribution >= 0.6 is 0 Å². The van der Waals surface area contributed by atoms with Crippen molar-refractivity contribution in [1.29, 1.82) is 0 Å². The second-order valence-corrected chi connectivity index (χ2v) is 18.4. The highest BCUT2D eigenvalue weighted by Gasteiger charge is 2.51. The molecule has 2 aromatic carbocycles. The molecule has 4 rings (SSSR count). The van der Waals surface area contributed by atoms with Crippen LogP contribution in [0.15, 0.2) is 53.6 Å². The summed E-state index contributed by atoms with van der Waals surface area (Å²) >= 11 is 0. The molecular weight excluding hydrogens is 620 g/mol. The number of nitrogens with zero attached hydrogens (tertiary/aromatic N) is 4. The number of carbonyl (C=O) groups excluding carboxylic acids is 2. The van der Waals surface area contributed by atoms with Gasteiger partial charge in [-0.1, -0.05) is 88.3 Å². The zero-order chi connectivity index (χ0) is 34.5. The molecule has 0 bridgehead atoms. The van der Waals surface area contributed by atoms with E-state index in [1.165, 1.54) is 4.90 Å². The van der Waals surface area contributed by atoms with E-state index in [1.54, 1.807) is 0 Å². The molecule has 13 heteroatoms. The van der Waals surface area contributed by atoms with Gasteiger partial charge >= 0.3 is 12.1 Å². The van der Waals surface area contributed by atoms with E-state index in [-0.39, 0.29) is 23.6 Å². The van der Waals surface area contributed by atoms with Crippen LogP contribution in [0.4, 0.5) is 4.79 Å². The fourth-order valence-corrected chi connectivity index (χ4v) is 7.14. The van der Waals surface area contributed by atoms with Crippen molar-refractivity contribution in [3.63, 3.8) is 0 Å². The first-order chi connectivity index (χ1) is 22.3. The van der Waals surface area contributed by atoms with Gasteiger partial charge in [0.05, 0.1) is 6.61 Å². The minimum Gasteiger partial charge on any atom is -0.458 e. The van der Waals surface area contributed by atoms with Crippen molar-refractivity contribution >= 4 is 20.4 Å². The van der Waals surface area contributed by atoms with E-state index in [2.05, 4.69) is 22.2 Å². The number of fused-ring (bicyclic) bond motifs is 3. The summed E-state index contributed by atoms with van der Waals surface area (Å²) in [6.07, 6.45) is -4.80. The molecule has 0 radical (unpaired) electrons. The minimum atomic E-state index is -2.51. The molecule has 0 aromatic heterocycles. The van der Waals surface area contributed by atoms with Crippen LogP contribution in [0.2, 0.25) is 18.1 Å². The molecule has 2 N–H and O–H groups in total. The van der Waals surface area contributed by atoms with Crippen LogP contribution in [-0.2, 0) is 23.4 Å². The number of benzene rings is 2. The van der Waals surface area contributed by atoms with Crippen LogP contribution in [0.3, 0.4) is 0 Å². The average molecular weight is 669 g/mol. The van der Waals surface area contributed by atoms with Crippen molar-refractivity contribution in [2.24, 2.45) is 5.11 Å². The molecule has 1 amide bonds. The lowest BCUT2D eigenvalue weighted by Crippen LogP contribution is -2.62. The van der Waals surface area contributed by atoms with Gasteiger partial charge in [0, 0.05) is 16.9 Å². The lowest BCUT2D eigenvalue weighted by atomic mass is 9.97. The van der Waals surface area contributed by atoms with Gasteiger partial charge in [0.25, 0.3) is 0 Å². The number of esters is 1. The van der Waals surface area contributed by atoms with Crippen LogP contribution in [0.5, 0.6) is 0 Å². The standard InChI is InChI=1S/C34H48N4O8Si/c1-8-21(9-2)38(33(42)43-20-26-24-16-12-10-14-22(24)23-15-11-13-17-25(23)26)18-28(40)45-31-29(36-37-35)32(44-27(19-39)30(31)41)46-47(6,7)34(3,4)5/h10-17,21,26-27,29-32,39,41H,8-9,18-20H2,1-7H3/t27-,29-,30+,31-,32+/m1/s1. The van der Waals surface area contributed by atoms with E-state index in [0.717, 1.165) is 22.3 Å². The Labute approximate surface area is 277 Å². The number of hydrogen-bond donors (Lipinski definition) is 2. The van der Waals surface area contributed by atoms with Crippen LogP contribution in [0, 0.1) is 0 Å². The summed E-state index contributed by atoms with van der Waals surface area (Å²) in [4.78, 5) is 31.5. The van der Waals surface area contributed by atoms with Gasteiger partial charge in [0.1, 0.15) is 37.5 Å². The monoisotopic (exact) mass is 668 g/mol. The van der Waals surface area contributed by atoms with Crippen molar-refractivity contribution in [2.45, 2.75) is 108 Å². The Hall–Kier alpha value is -3.45. The van der Waals surface area contributed by atoms with Gasteiger partial charge in [-0.05, 0) is 58.8 Å². The van der Waals surface area contributed by atoms with Crippen molar-refractivity contribution in [3.8, 4) is 11.1 Å². The quantitative estimate of drug-likeness (QED) is 0.0899. The first-order valence-electron chi connectivity index (χ1n) is 16.2. The molecular formula is C34H48N4O8Si. The van der Waals surface area contributed by atoms with E-state index >= 15 is 0 Å².